The second-order valence-corrected chi connectivity index (χ2v) is 4.94. The van der Waals surface area contributed by atoms with Crippen molar-refractivity contribution in [2.24, 2.45) is 5.92 Å². The highest BCUT2D eigenvalue weighted by Gasteiger charge is 2.23. The molecule has 3 heteroatoms. The van der Waals surface area contributed by atoms with E-state index in [4.69, 9.17) is 0 Å². The molecule has 3 nitrogen and oxygen atoms in total. The molecule has 1 atom stereocenters. The molecule has 0 amide bonds. The average Bonchev–Trinajstić information content (AvgIpc) is 2.39. The summed E-state index contributed by atoms with van der Waals surface area (Å²) in [6.07, 6.45) is 4.96. The fourth-order valence-corrected chi connectivity index (χ4v) is 2.42. The van der Waals surface area contributed by atoms with Gasteiger partial charge in [-0.05, 0) is 43.7 Å². The molecule has 1 saturated heterocycles. The van der Waals surface area contributed by atoms with Crippen molar-refractivity contribution in [2.45, 2.75) is 39.2 Å². The molecule has 1 fully saturated rings. The fraction of sp³-hybridized carbons (Fsp3) is 0.643. The molecular formula is C14H22N2O. The second-order valence-electron chi connectivity index (χ2n) is 4.94. The summed E-state index contributed by atoms with van der Waals surface area (Å²) in [6, 6.07) is 4.27. The molecule has 0 radical (unpaired) electrons. The van der Waals surface area contributed by atoms with Gasteiger partial charge in [-0.25, -0.2) is 4.98 Å². The van der Waals surface area contributed by atoms with Gasteiger partial charge in [0.15, 0.2) is 0 Å². The predicted molar refractivity (Wildman–Crippen MR) is 70.2 cm³/mol. The molecule has 0 saturated carbocycles. The molecule has 1 aliphatic heterocycles. The highest BCUT2D eigenvalue weighted by Crippen LogP contribution is 2.24. The van der Waals surface area contributed by atoms with Crippen molar-refractivity contribution in [1.29, 1.82) is 0 Å². The van der Waals surface area contributed by atoms with E-state index in [9.17, 15) is 5.11 Å². The molecule has 1 N–H and O–H groups in total. The molecule has 0 aromatic carbocycles. The third kappa shape index (κ3) is 2.97. The Morgan fingerprint density at radius 1 is 1.41 bits per heavy atom. The fourth-order valence-electron chi connectivity index (χ4n) is 2.42. The van der Waals surface area contributed by atoms with Crippen molar-refractivity contribution < 1.29 is 5.11 Å². The summed E-state index contributed by atoms with van der Waals surface area (Å²) < 4.78 is 0. The van der Waals surface area contributed by atoms with Crippen LogP contribution in [0.15, 0.2) is 18.3 Å². The molecule has 2 rings (SSSR count). The third-order valence-electron chi connectivity index (χ3n) is 3.76. The van der Waals surface area contributed by atoms with E-state index in [1.165, 1.54) is 5.56 Å². The smallest absolute Gasteiger partial charge is 0.128 e. The largest absolute Gasteiger partial charge is 0.393 e. The predicted octanol–water partition coefficient (Wildman–Crippen LogP) is 2.24. The monoisotopic (exact) mass is 234 g/mol. The van der Waals surface area contributed by atoms with Crippen LogP contribution in [0.5, 0.6) is 0 Å². The van der Waals surface area contributed by atoms with Gasteiger partial charge in [-0.15, -0.1) is 0 Å². The normalized spacial score (nSPS) is 19.4. The van der Waals surface area contributed by atoms with Crippen molar-refractivity contribution in [1.82, 2.24) is 4.98 Å². The zero-order valence-electron chi connectivity index (χ0n) is 10.8. The number of nitrogens with zero attached hydrogens (tertiary/aromatic N) is 2. The Hall–Kier alpha value is -1.09. The van der Waals surface area contributed by atoms with Crippen LogP contribution in [0.25, 0.3) is 0 Å². The van der Waals surface area contributed by atoms with Crippen molar-refractivity contribution in [3.05, 3.63) is 23.9 Å². The zero-order chi connectivity index (χ0) is 12.3. The molecule has 0 bridgehead atoms. The number of aliphatic hydroxyl groups is 1. The van der Waals surface area contributed by atoms with Crippen LogP contribution in [0.4, 0.5) is 5.82 Å². The van der Waals surface area contributed by atoms with Crippen molar-refractivity contribution >= 4 is 5.82 Å². The summed E-state index contributed by atoms with van der Waals surface area (Å²) in [5, 5.41) is 9.57. The number of rotatable bonds is 3. The quantitative estimate of drug-likeness (QED) is 0.871. The maximum atomic E-state index is 9.57. The number of hydrogen-bond donors (Lipinski definition) is 1. The van der Waals surface area contributed by atoms with E-state index in [2.05, 4.69) is 28.9 Å². The minimum atomic E-state index is -0.174. The Balaban J connectivity index is 1.95. The van der Waals surface area contributed by atoms with Crippen LogP contribution in [0.3, 0.4) is 0 Å². The molecular weight excluding hydrogens is 212 g/mol. The lowest BCUT2D eigenvalue weighted by Crippen LogP contribution is -2.37. The summed E-state index contributed by atoms with van der Waals surface area (Å²) in [4.78, 5) is 6.82. The first kappa shape index (κ1) is 12.4. The van der Waals surface area contributed by atoms with Crippen LogP contribution < -0.4 is 4.90 Å². The number of piperidine rings is 1. The number of hydrogen-bond acceptors (Lipinski definition) is 3. The second kappa shape index (κ2) is 5.50. The Kier molecular flexibility index (Phi) is 4.00. The van der Waals surface area contributed by atoms with E-state index in [-0.39, 0.29) is 6.10 Å². The van der Waals surface area contributed by atoms with E-state index in [0.717, 1.165) is 38.2 Å². The van der Waals surface area contributed by atoms with Crippen LogP contribution in [-0.4, -0.2) is 29.3 Å². The molecule has 17 heavy (non-hydrogen) atoms. The van der Waals surface area contributed by atoms with Gasteiger partial charge in [0, 0.05) is 19.3 Å². The van der Waals surface area contributed by atoms with Gasteiger partial charge in [-0.2, -0.15) is 0 Å². The first-order valence-electron chi connectivity index (χ1n) is 6.58. The molecule has 0 spiro atoms. The number of pyridine rings is 1. The van der Waals surface area contributed by atoms with Crippen LogP contribution >= 0.6 is 0 Å². The maximum absolute atomic E-state index is 9.57. The van der Waals surface area contributed by atoms with E-state index in [1.54, 1.807) is 0 Å². The highest BCUT2D eigenvalue weighted by atomic mass is 16.3. The first-order valence-corrected chi connectivity index (χ1v) is 6.58. The maximum Gasteiger partial charge on any atom is 0.128 e. The standard InChI is InChI=1S/C14H22N2O/c1-3-12-4-5-14(15-10-12)16-8-6-13(7-9-16)11(2)17/h4-5,10-11,13,17H,3,6-9H2,1-2H3/t11-/m0/s1. The van der Waals surface area contributed by atoms with E-state index in [0.29, 0.717) is 5.92 Å². The number of aryl methyl sites for hydroxylation is 1. The molecule has 1 aromatic heterocycles. The Labute approximate surface area is 103 Å². The van der Waals surface area contributed by atoms with Crippen LogP contribution in [0.2, 0.25) is 0 Å². The van der Waals surface area contributed by atoms with Crippen LogP contribution in [0, 0.1) is 5.92 Å². The van der Waals surface area contributed by atoms with E-state index in [1.807, 2.05) is 13.1 Å². The third-order valence-corrected chi connectivity index (χ3v) is 3.76. The zero-order valence-corrected chi connectivity index (χ0v) is 10.8. The number of aromatic nitrogens is 1. The van der Waals surface area contributed by atoms with Crippen molar-refractivity contribution in [3.63, 3.8) is 0 Å². The lowest BCUT2D eigenvalue weighted by atomic mass is 9.92. The van der Waals surface area contributed by atoms with Gasteiger partial charge in [-0.3, -0.25) is 0 Å². The minimum absolute atomic E-state index is 0.174. The van der Waals surface area contributed by atoms with Crippen LogP contribution in [0.1, 0.15) is 32.3 Å². The van der Waals surface area contributed by atoms with E-state index < -0.39 is 0 Å². The molecule has 0 aliphatic carbocycles. The number of aliphatic hydroxyl groups excluding tert-OH is 1. The van der Waals surface area contributed by atoms with Gasteiger partial charge >= 0.3 is 0 Å². The molecule has 0 unspecified atom stereocenters. The molecule has 2 heterocycles. The molecule has 1 aromatic rings. The van der Waals surface area contributed by atoms with E-state index >= 15 is 0 Å². The first-order chi connectivity index (χ1) is 8.20. The topological polar surface area (TPSA) is 36.4 Å². The van der Waals surface area contributed by atoms with Gasteiger partial charge < -0.3 is 10.0 Å². The highest BCUT2D eigenvalue weighted by molar-refractivity contribution is 5.39. The SMILES string of the molecule is CCc1ccc(N2CCC([C@H](C)O)CC2)nc1. The molecule has 94 valence electrons. The summed E-state index contributed by atoms with van der Waals surface area (Å²) in [5.41, 5.74) is 1.28. The van der Waals surface area contributed by atoms with Crippen molar-refractivity contribution in [3.8, 4) is 0 Å². The lowest BCUT2D eigenvalue weighted by molar-refractivity contribution is 0.110. The summed E-state index contributed by atoms with van der Waals surface area (Å²) in [6.45, 7) is 6.06. The van der Waals surface area contributed by atoms with Crippen LogP contribution in [-0.2, 0) is 6.42 Å². The number of anilines is 1. The van der Waals surface area contributed by atoms with Gasteiger partial charge in [0.25, 0.3) is 0 Å². The van der Waals surface area contributed by atoms with Gasteiger partial charge in [0.1, 0.15) is 5.82 Å². The van der Waals surface area contributed by atoms with Crippen molar-refractivity contribution in [2.75, 3.05) is 18.0 Å². The average molecular weight is 234 g/mol. The van der Waals surface area contributed by atoms with Gasteiger partial charge in [0.05, 0.1) is 6.10 Å². The van der Waals surface area contributed by atoms with Gasteiger partial charge in [-0.1, -0.05) is 13.0 Å². The summed E-state index contributed by atoms with van der Waals surface area (Å²) in [7, 11) is 0. The molecule has 1 aliphatic rings. The summed E-state index contributed by atoms with van der Waals surface area (Å²) in [5.74, 6) is 1.53. The minimum Gasteiger partial charge on any atom is -0.393 e. The van der Waals surface area contributed by atoms with Gasteiger partial charge in [0.2, 0.25) is 0 Å². The summed E-state index contributed by atoms with van der Waals surface area (Å²) >= 11 is 0. The lowest BCUT2D eigenvalue weighted by Gasteiger charge is -2.34. The Bertz CT molecular complexity index is 340. The Morgan fingerprint density at radius 2 is 2.12 bits per heavy atom. The Morgan fingerprint density at radius 3 is 2.59 bits per heavy atom.